The van der Waals surface area contributed by atoms with Gasteiger partial charge in [0.15, 0.2) is 5.78 Å². The van der Waals surface area contributed by atoms with Crippen LogP contribution in [0, 0.1) is 0 Å². The van der Waals surface area contributed by atoms with Crippen LogP contribution in [-0.4, -0.2) is 33.4 Å². The maximum absolute atomic E-state index is 12.6. The van der Waals surface area contributed by atoms with Gasteiger partial charge in [-0.3, -0.25) is 4.79 Å². The lowest BCUT2D eigenvalue weighted by Crippen LogP contribution is -2.67. The molecule has 0 N–H and O–H groups in total. The molecule has 0 amide bonds. The largest absolute Gasteiger partial charge is 0.492 e. The topological polar surface area (TPSA) is 44.8 Å². The van der Waals surface area contributed by atoms with Crippen LogP contribution >= 0.6 is 0 Å². The van der Waals surface area contributed by atoms with Crippen LogP contribution in [0.25, 0.3) is 0 Å². The Balaban J connectivity index is 1.46. The lowest BCUT2D eigenvalue weighted by atomic mass is 10.1. The smallest absolute Gasteiger partial charge is 0.261 e. The van der Waals surface area contributed by atoms with Crippen LogP contribution in [0.2, 0.25) is 5.04 Å². The van der Waals surface area contributed by atoms with E-state index in [1.807, 2.05) is 42.5 Å². The quantitative estimate of drug-likeness (QED) is 0.276. The summed E-state index contributed by atoms with van der Waals surface area (Å²) in [6.07, 6.45) is 2.19. The fourth-order valence-corrected chi connectivity index (χ4v) is 9.48. The fourth-order valence-electron chi connectivity index (χ4n) is 4.89. The third kappa shape index (κ3) is 6.22. The highest BCUT2D eigenvalue weighted by Crippen LogP contribution is 2.37. The Bertz CT molecular complexity index is 1100. The van der Waals surface area contributed by atoms with E-state index in [1.165, 1.54) is 10.4 Å². The molecule has 3 aromatic carbocycles. The molecule has 5 heteroatoms. The molecule has 1 heterocycles. The molecule has 0 aromatic heterocycles. The normalized spacial score (nSPS) is 16.4. The van der Waals surface area contributed by atoms with E-state index in [4.69, 9.17) is 13.9 Å². The molecule has 188 valence electrons. The molecule has 0 aliphatic carbocycles. The van der Waals surface area contributed by atoms with Crippen LogP contribution in [0.1, 0.15) is 39.2 Å². The van der Waals surface area contributed by atoms with Gasteiger partial charge in [0.05, 0.1) is 19.8 Å². The third-order valence-corrected chi connectivity index (χ3v) is 11.6. The van der Waals surface area contributed by atoms with Crippen molar-refractivity contribution in [2.24, 2.45) is 0 Å². The van der Waals surface area contributed by atoms with Gasteiger partial charge in [-0.25, -0.2) is 0 Å². The number of allylic oxidation sites excluding steroid dienone is 1. The van der Waals surface area contributed by atoms with Gasteiger partial charge in [-0.05, 0) is 21.0 Å². The summed E-state index contributed by atoms with van der Waals surface area (Å²) in [4.78, 5) is 12.6. The molecule has 3 aromatic rings. The van der Waals surface area contributed by atoms with Crippen LogP contribution < -0.4 is 10.4 Å². The number of rotatable bonds is 10. The molecule has 0 saturated carbocycles. The molecule has 36 heavy (non-hydrogen) atoms. The minimum absolute atomic E-state index is 0.0790. The second-order valence-electron chi connectivity index (χ2n) is 10.3. The average molecular weight is 501 g/mol. The number of carbonyl (C=O) groups excluding carboxylic acids is 1. The van der Waals surface area contributed by atoms with E-state index in [-0.39, 0.29) is 16.9 Å². The van der Waals surface area contributed by atoms with Crippen molar-refractivity contribution in [2.45, 2.75) is 51.4 Å². The average Bonchev–Trinajstić information content (AvgIpc) is 2.88. The molecule has 1 aliphatic rings. The zero-order chi connectivity index (χ0) is 25.4. The third-order valence-electron chi connectivity index (χ3n) is 6.58. The second kappa shape index (κ2) is 11.8. The molecule has 0 unspecified atom stereocenters. The summed E-state index contributed by atoms with van der Waals surface area (Å²) in [5, 5.41) is 2.31. The molecule has 0 bridgehead atoms. The first kappa shape index (κ1) is 26.1. The molecular formula is C31H36O4Si. The first-order valence-corrected chi connectivity index (χ1v) is 14.6. The molecule has 1 aliphatic heterocycles. The Hall–Kier alpha value is -2.99. The van der Waals surface area contributed by atoms with Gasteiger partial charge in [-0.2, -0.15) is 0 Å². The highest BCUT2D eigenvalue weighted by atomic mass is 28.4. The van der Waals surface area contributed by atoms with E-state index in [2.05, 4.69) is 69.3 Å². The Labute approximate surface area is 216 Å². The van der Waals surface area contributed by atoms with Gasteiger partial charge in [-0.15, -0.1) is 0 Å². The number of ether oxygens (including phenoxy) is 2. The minimum atomic E-state index is -2.68. The van der Waals surface area contributed by atoms with Crippen molar-refractivity contribution in [3.05, 3.63) is 108 Å². The van der Waals surface area contributed by atoms with Gasteiger partial charge in [-0.1, -0.05) is 112 Å². The van der Waals surface area contributed by atoms with E-state index in [1.54, 1.807) is 6.08 Å². The lowest BCUT2D eigenvalue weighted by molar-refractivity contribution is -0.119. The fraction of sp³-hybridized carbons (Fsp3) is 0.323. The van der Waals surface area contributed by atoms with Crippen molar-refractivity contribution in [3.8, 4) is 0 Å². The van der Waals surface area contributed by atoms with Crippen molar-refractivity contribution < 1.29 is 18.7 Å². The Morgan fingerprint density at radius 2 is 1.42 bits per heavy atom. The van der Waals surface area contributed by atoms with Gasteiger partial charge in [0.25, 0.3) is 8.32 Å². The molecule has 0 spiro atoms. The Morgan fingerprint density at radius 1 is 0.861 bits per heavy atom. The lowest BCUT2D eigenvalue weighted by Gasteiger charge is -2.43. The maximum Gasteiger partial charge on any atom is 0.261 e. The number of hydrogen-bond acceptors (Lipinski definition) is 4. The summed E-state index contributed by atoms with van der Waals surface area (Å²) in [7, 11) is -2.68. The summed E-state index contributed by atoms with van der Waals surface area (Å²) < 4.78 is 19.0. The summed E-state index contributed by atoms with van der Waals surface area (Å²) in [6, 6.07) is 31.1. The van der Waals surface area contributed by atoms with E-state index in [9.17, 15) is 4.79 Å². The van der Waals surface area contributed by atoms with Crippen molar-refractivity contribution in [2.75, 3.05) is 13.2 Å². The highest BCUT2D eigenvalue weighted by molar-refractivity contribution is 6.99. The SMILES string of the molecule is CC(C)(C)[Si](OC[C@@H]1CC(=O)C=C(CCOCc2ccccc2)O1)(c1ccccc1)c1ccccc1. The maximum atomic E-state index is 12.6. The van der Waals surface area contributed by atoms with Gasteiger partial charge < -0.3 is 13.9 Å². The van der Waals surface area contributed by atoms with E-state index >= 15 is 0 Å². The van der Waals surface area contributed by atoms with Crippen LogP contribution in [0.5, 0.6) is 0 Å². The number of carbonyl (C=O) groups is 1. The summed E-state index contributed by atoms with van der Waals surface area (Å²) >= 11 is 0. The standard InChI is InChI=1S/C31H36O4Si/c1-31(2,3)36(29-15-9-5-10-16-29,30-17-11-6-12-18-30)34-24-28-22-26(32)21-27(35-28)19-20-33-23-25-13-7-4-8-14-25/h4-18,21,28H,19-20,22-24H2,1-3H3/t28-/m0/s1. The van der Waals surface area contributed by atoms with Gasteiger partial charge in [0, 0.05) is 18.9 Å². The predicted octanol–water partition coefficient (Wildman–Crippen LogP) is 5.41. The number of ketones is 1. The summed E-state index contributed by atoms with van der Waals surface area (Å²) in [6.45, 7) is 8.16. The van der Waals surface area contributed by atoms with Crippen molar-refractivity contribution in [3.63, 3.8) is 0 Å². The highest BCUT2D eigenvalue weighted by Gasteiger charge is 2.50. The van der Waals surface area contributed by atoms with Crippen LogP contribution in [0.4, 0.5) is 0 Å². The summed E-state index contributed by atoms with van der Waals surface area (Å²) in [5.41, 5.74) is 1.13. The molecule has 4 nitrogen and oxygen atoms in total. The van der Waals surface area contributed by atoms with Gasteiger partial charge >= 0.3 is 0 Å². The zero-order valence-corrected chi connectivity index (χ0v) is 22.5. The van der Waals surface area contributed by atoms with Crippen molar-refractivity contribution in [1.29, 1.82) is 0 Å². The van der Waals surface area contributed by atoms with E-state index < -0.39 is 8.32 Å². The van der Waals surface area contributed by atoms with E-state index in [0.29, 0.717) is 38.4 Å². The van der Waals surface area contributed by atoms with Gasteiger partial charge in [0.1, 0.15) is 11.9 Å². The second-order valence-corrected chi connectivity index (χ2v) is 14.6. The number of hydrogen-bond donors (Lipinski definition) is 0. The van der Waals surface area contributed by atoms with Crippen molar-refractivity contribution >= 4 is 24.5 Å². The van der Waals surface area contributed by atoms with Gasteiger partial charge in [0.2, 0.25) is 0 Å². The summed E-state index contributed by atoms with van der Waals surface area (Å²) in [5.74, 6) is 0.755. The van der Waals surface area contributed by atoms with Crippen LogP contribution in [-0.2, 0) is 25.3 Å². The molecule has 1 atom stereocenters. The molecule has 0 fully saturated rings. The van der Waals surface area contributed by atoms with Crippen molar-refractivity contribution in [1.82, 2.24) is 0 Å². The minimum Gasteiger partial charge on any atom is -0.492 e. The number of benzene rings is 3. The first-order chi connectivity index (χ1) is 17.4. The molecular weight excluding hydrogens is 464 g/mol. The Morgan fingerprint density at radius 3 is 1.97 bits per heavy atom. The van der Waals surface area contributed by atoms with E-state index in [0.717, 1.165) is 5.56 Å². The Kier molecular flexibility index (Phi) is 8.57. The zero-order valence-electron chi connectivity index (χ0n) is 21.5. The molecule has 0 radical (unpaired) electrons. The molecule has 4 rings (SSSR count). The van der Waals surface area contributed by atoms with Crippen LogP contribution in [0.15, 0.2) is 103 Å². The monoisotopic (exact) mass is 500 g/mol. The molecule has 0 saturated heterocycles. The first-order valence-electron chi connectivity index (χ1n) is 12.7. The van der Waals surface area contributed by atoms with Crippen LogP contribution in [0.3, 0.4) is 0 Å². The predicted molar refractivity (Wildman–Crippen MR) is 147 cm³/mol.